The number of aryl methyl sites for hydroxylation is 1. The number of aliphatic hydroxyl groups is 1. The van der Waals surface area contributed by atoms with Gasteiger partial charge in [0.25, 0.3) is 0 Å². The molecule has 5 nitrogen and oxygen atoms in total. The van der Waals surface area contributed by atoms with Gasteiger partial charge in [-0.15, -0.1) is 11.3 Å². The zero-order chi connectivity index (χ0) is 17.1. The number of benzene rings is 1. The van der Waals surface area contributed by atoms with Crippen LogP contribution in [-0.2, 0) is 6.54 Å². The summed E-state index contributed by atoms with van der Waals surface area (Å²) in [5.74, 6) is -0.346. The maximum atomic E-state index is 13.0. The molecule has 0 spiro atoms. The molecule has 2 aromatic rings. The predicted octanol–water partition coefficient (Wildman–Crippen LogP) is 3.00. The van der Waals surface area contributed by atoms with Crippen LogP contribution in [0.5, 0.6) is 0 Å². The average Bonchev–Trinajstić information content (AvgIpc) is 3.32. The van der Waals surface area contributed by atoms with E-state index in [1.165, 1.54) is 12.1 Å². The molecule has 1 saturated carbocycles. The van der Waals surface area contributed by atoms with Gasteiger partial charge in [0.05, 0.1) is 19.2 Å². The van der Waals surface area contributed by atoms with E-state index in [1.54, 1.807) is 34.6 Å². The van der Waals surface area contributed by atoms with Gasteiger partial charge < -0.3 is 15.3 Å². The maximum absolute atomic E-state index is 13.0. The van der Waals surface area contributed by atoms with Crippen LogP contribution < -0.4 is 5.32 Å². The van der Waals surface area contributed by atoms with Gasteiger partial charge in [-0.05, 0) is 37.5 Å². The Morgan fingerprint density at radius 2 is 2.17 bits per heavy atom. The fourth-order valence-electron chi connectivity index (χ4n) is 2.50. The number of urea groups is 1. The van der Waals surface area contributed by atoms with Crippen molar-refractivity contribution in [3.8, 4) is 0 Å². The second-order valence-electron chi connectivity index (χ2n) is 5.97. The van der Waals surface area contributed by atoms with Crippen LogP contribution in [0.4, 0.5) is 9.18 Å². The van der Waals surface area contributed by atoms with Crippen molar-refractivity contribution in [1.29, 1.82) is 0 Å². The molecule has 1 aliphatic carbocycles. The molecule has 128 valence electrons. The van der Waals surface area contributed by atoms with Crippen LogP contribution in [0.2, 0.25) is 0 Å². The Bertz CT molecular complexity index is 700. The summed E-state index contributed by atoms with van der Waals surface area (Å²) >= 11 is 1.55. The van der Waals surface area contributed by atoms with Crippen LogP contribution in [0.3, 0.4) is 0 Å². The van der Waals surface area contributed by atoms with E-state index in [9.17, 15) is 14.3 Å². The number of carbonyl (C=O) groups excluding carboxylic acids is 1. The summed E-state index contributed by atoms with van der Waals surface area (Å²) in [7, 11) is 0. The molecule has 2 amide bonds. The Kier molecular flexibility index (Phi) is 5.11. The predicted molar refractivity (Wildman–Crippen MR) is 90.2 cm³/mol. The first-order valence-electron chi connectivity index (χ1n) is 7.92. The van der Waals surface area contributed by atoms with Gasteiger partial charge in [0.15, 0.2) is 0 Å². The second-order valence-corrected chi connectivity index (χ2v) is 7.29. The van der Waals surface area contributed by atoms with Gasteiger partial charge in [0.2, 0.25) is 0 Å². The lowest BCUT2D eigenvalue weighted by molar-refractivity contribution is 0.117. The number of aliphatic hydroxyl groups excluding tert-OH is 1. The summed E-state index contributed by atoms with van der Waals surface area (Å²) in [6, 6.07) is 5.67. The highest BCUT2D eigenvalue weighted by Gasteiger charge is 2.34. The van der Waals surface area contributed by atoms with Gasteiger partial charge in [-0.25, -0.2) is 14.2 Å². The number of halogens is 1. The van der Waals surface area contributed by atoms with E-state index in [0.717, 1.165) is 22.7 Å². The molecule has 0 aliphatic heterocycles. The standard InChI is InChI=1S/C17H20FN3O2S/c1-11-8-19-16(24-11)9-20-17(23)21(14-6-7-14)10-15(22)12-2-4-13(18)5-3-12/h2-5,8,14-15,22H,6-7,9-10H2,1H3,(H,20,23). The minimum absolute atomic E-state index is 0.165. The van der Waals surface area contributed by atoms with Crippen molar-refractivity contribution in [2.45, 2.75) is 38.5 Å². The Morgan fingerprint density at radius 3 is 2.75 bits per heavy atom. The van der Waals surface area contributed by atoms with E-state index in [1.807, 2.05) is 6.92 Å². The van der Waals surface area contributed by atoms with Gasteiger partial charge in [0.1, 0.15) is 10.8 Å². The van der Waals surface area contributed by atoms with E-state index in [2.05, 4.69) is 10.3 Å². The van der Waals surface area contributed by atoms with Crippen molar-refractivity contribution in [3.05, 3.63) is 51.7 Å². The van der Waals surface area contributed by atoms with Crippen LogP contribution in [0.1, 0.15) is 34.4 Å². The van der Waals surface area contributed by atoms with Crippen molar-refractivity contribution in [2.24, 2.45) is 0 Å². The van der Waals surface area contributed by atoms with E-state index in [4.69, 9.17) is 0 Å². The minimum Gasteiger partial charge on any atom is -0.387 e. The maximum Gasteiger partial charge on any atom is 0.318 e. The molecule has 0 bridgehead atoms. The van der Waals surface area contributed by atoms with Crippen LogP contribution in [0.25, 0.3) is 0 Å². The molecule has 24 heavy (non-hydrogen) atoms. The molecule has 1 unspecified atom stereocenters. The lowest BCUT2D eigenvalue weighted by Gasteiger charge is -2.25. The number of carbonyl (C=O) groups is 1. The van der Waals surface area contributed by atoms with E-state index in [0.29, 0.717) is 12.1 Å². The quantitative estimate of drug-likeness (QED) is 0.843. The fraction of sp³-hybridized carbons (Fsp3) is 0.412. The summed E-state index contributed by atoms with van der Waals surface area (Å²) in [6.45, 7) is 2.55. The summed E-state index contributed by atoms with van der Waals surface area (Å²) < 4.78 is 13.0. The van der Waals surface area contributed by atoms with Gasteiger partial charge in [-0.1, -0.05) is 12.1 Å². The van der Waals surface area contributed by atoms with E-state index < -0.39 is 6.10 Å². The first kappa shape index (κ1) is 16.9. The largest absolute Gasteiger partial charge is 0.387 e. The zero-order valence-corrected chi connectivity index (χ0v) is 14.2. The Labute approximate surface area is 144 Å². The zero-order valence-electron chi connectivity index (χ0n) is 13.4. The number of amides is 2. The molecule has 2 N–H and O–H groups in total. The summed E-state index contributed by atoms with van der Waals surface area (Å²) in [5, 5.41) is 14.1. The molecule has 1 aliphatic rings. The highest BCUT2D eigenvalue weighted by atomic mass is 32.1. The molecule has 0 saturated heterocycles. The third-order valence-corrected chi connectivity index (χ3v) is 4.85. The molecule has 1 heterocycles. The van der Waals surface area contributed by atoms with Crippen molar-refractivity contribution in [2.75, 3.05) is 6.54 Å². The molecule has 0 radical (unpaired) electrons. The SMILES string of the molecule is Cc1cnc(CNC(=O)N(CC(O)c2ccc(F)cc2)C2CC2)s1. The van der Waals surface area contributed by atoms with Crippen LogP contribution in [0.15, 0.2) is 30.5 Å². The van der Waals surface area contributed by atoms with Crippen molar-refractivity contribution >= 4 is 17.4 Å². The molecular formula is C17H20FN3O2S. The monoisotopic (exact) mass is 349 g/mol. The third kappa shape index (κ3) is 4.30. The first-order chi connectivity index (χ1) is 11.5. The number of aromatic nitrogens is 1. The topological polar surface area (TPSA) is 65.5 Å². The average molecular weight is 349 g/mol. The molecular weight excluding hydrogens is 329 g/mol. The summed E-state index contributed by atoms with van der Waals surface area (Å²) in [5.41, 5.74) is 0.602. The van der Waals surface area contributed by atoms with Crippen molar-refractivity contribution in [1.82, 2.24) is 15.2 Å². The molecule has 7 heteroatoms. The number of hydrogen-bond acceptors (Lipinski definition) is 4. The molecule has 1 atom stereocenters. The van der Waals surface area contributed by atoms with E-state index >= 15 is 0 Å². The highest BCUT2D eigenvalue weighted by Crippen LogP contribution is 2.29. The minimum atomic E-state index is -0.834. The normalized spacial score (nSPS) is 15.1. The number of nitrogens with zero attached hydrogens (tertiary/aromatic N) is 2. The van der Waals surface area contributed by atoms with Crippen LogP contribution in [-0.4, -0.2) is 33.6 Å². The smallest absolute Gasteiger partial charge is 0.318 e. The van der Waals surface area contributed by atoms with Gasteiger partial charge >= 0.3 is 6.03 Å². The molecule has 3 rings (SSSR count). The Morgan fingerprint density at radius 1 is 1.46 bits per heavy atom. The lowest BCUT2D eigenvalue weighted by Crippen LogP contribution is -2.43. The van der Waals surface area contributed by atoms with E-state index in [-0.39, 0.29) is 24.4 Å². The summed E-state index contributed by atoms with van der Waals surface area (Å²) in [6.07, 6.45) is 2.84. The molecule has 1 aromatic heterocycles. The van der Waals surface area contributed by atoms with Crippen molar-refractivity contribution < 1.29 is 14.3 Å². The Hall–Kier alpha value is -1.99. The Balaban J connectivity index is 1.59. The third-order valence-electron chi connectivity index (χ3n) is 3.93. The van der Waals surface area contributed by atoms with Gasteiger partial charge in [-0.3, -0.25) is 0 Å². The lowest BCUT2D eigenvalue weighted by atomic mass is 10.1. The van der Waals surface area contributed by atoms with Gasteiger partial charge in [-0.2, -0.15) is 0 Å². The number of thiazole rings is 1. The summed E-state index contributed by atoms with van der Waals surface area (Å²) in [4.78, 5) is 19.4. The molecule has 1 fully saturated rings. The fourth-order valence-corrected chi connectivity index (χ4v) is 3.22. The second kappa shape index (κ2) is 7.27. The van der Waals surface area contributed by atoms with Crippen LogP contribution >= 0.6 is 11.3 Å². The van der Waals surface area contributed by atoms with Crippen LogP contribution in [0, 0.1) is 12.7 Å². The van der Waals surface area contributed by atoms with Gasteiger partial charge in [0, 0.05) is 17.1 Å². The number of nitrogens with one attached hydrogen (secondary N) is 1. The number of hydrogen-bond donors (Lipinski definition) is 2. The number of rotatable bonds is 6. The van der Waals surface area contributed by atoms with Crippen molar-refractivity contribution in [3.63, 3.8) is 0 Å². The first-order valence-corrected chi connectivity index (χ1v) is 8.74. The molecule has 1 aromatic carbocycles. The highest BCUT2D eigenvalue weighted by molar-refractivity contribution is 7.11.